The van der Waals surface area contributed by atoms with Crippen LogP contribution in [0.3, 0.4) is 0 Å². The molecule has 30 heavy (non-hydrogen) atoms. The van der Waals surface area contributed by atoms with E-state index in [4.69, 9.17) is 4.74 Å². The van der Waals surface area contributed by atoms with E-state index in [9.17, 15) is 4.79 Å². The average molecular weight is 400 g/mol. The van der Waals surface area contributed by atoms with Gasteiger partial charge in [0.05, 0.1) is 12.2 Å². The van der Waals surface area contributed by atoms with Gasteiger partial charge in [-0.3, -0.25) is 0 Å². The number of para-hydroxylation sites is 1. The number of benzene rings is 2. The van der Waals surface area contributed by atoms with E-state index >= 15 is 0 Å². The first-order valence-electron chi connectivity index (χ1n) is 9.87. The number of nitrogens with one attached hydrogen (secondary N) is 2. The van der Waals surface area contributed by atoms with Gasteiger partial charge in [0.2, 0.25) is 0 Å². The zero-order valence-electron chi connectivity index (χ0n) is 16.8. The highest BCUT2D eigenvalue weighted by atomic mass is 16.5. The third-order valence-electron chi connectivity index (χ3n) is 4.72. The maximum atomic E-state index is 12.1. The van der Waals surface area contributed by atoms with Crippen LogP contribution in [0.1, 0.15) is 22.4 Å². The number of hydrogen-bond donors (Lipinski definition) is 2. The van der Waals surface area contributed by atoms with E-state index in [2.05, 4.69) is 15.6 Å². The van der Waals surface area contributed by atoms with Crippen molar-refractivity contribution in [2.75, 3.05) is 0 Å². The van der Waals surface area contributed by atoms with Crippen LogP contribution < -0.4 is 15.4 Å². The van der Waals surface area contributed by atoms with Gasteiger partial charge >= 0.3 is 6.03 Å². The lowest BCUT2D eigenvalue weighted by atomic mass is 10.1. The fourth-order valence-corrected chi connectivity index (χ4v) is 3.07. The van der Waals surface area contributed by atoms with Crippen LogP contribution in [0.25, 0.3) is 5.65 Å². The zero-order valence-corrected chi connectivity index (χ0v) is 16.8. The van der Waals surface area contributed by atoms with Crippen molar-refractivity contribution in [1.82, 2.24) is 20.0 Å². The molecule has 0 bridgehead atoms. The summed E-state index contributed by atoms with van der Waals surface area (Å²) in [5.74, 6) is 0.848. The van der Waals surface area contributed by atoms with E-state index in [1.807, 2.05) is 90.4 Å². The van der Waals surface area contributed by atoms with Crippen molar-refractivity contribution in [2.45, 2.75) is 26.6 Å². The molecule has 152 valence electrons. The third kappa shape index (κ3) is 5.17. The van der Waals surface area contributed by atoms with Crippen molar-refractivity contribution in [1.29, 1.82) is 0 Å². The Kier molecular flexibility index (Phi) is 5.94. The van der Waals surface area contributed by atoms with E-state index in [1.54, 1.807) is 0 Å². The number of ether oxygens (including phenoxy) is 1. The van der Waals surface area contributed by atoms with Crippen molar-refractivity contribution in [3.05, 3.63) is 102 Å². The molecular weight excluding hydrogens is 376 g/mol. The normalized spacial score (nSPS) is 10.7. The highest BCUT2D eigenvalue weighted by molar-refractivity contribution is 5.73. The van der Waals surface area contributed by atoms with Crippen LogP contribution in [0.5, 0.6) is 5.75 Å². The minimum atomic E-state index is -0.222. The number of pyridine rings is 1. The lowest BCUT2D eigenvalue weighted by Gasteiger charge is -2.09. The molecular formula is C24H24N4O2. The fourth-order valence-electron chi connectivity index (χ4n) is 3.07. The van der Waals surface area contributed by atoms with Crippen molar-refractivity contribution >= 4 is 11.7 Å². The first kappa shape index (κ1) is 19.5. The van der Waals surface area contributed by atoms with Crippen molar-refractivity contribution in [2.24, 2.45) is 0 Å². The van der Waals surface area contributed by atoms with Crippen molar-refractivity contribution < 1.29 is 9.53 Å². The van der Waals surface area contributed by atoms with Gasteiger partial charge in [0.1, 0.15) is 18.0 Å². The zero-order chi connectivity index (χ0) is 20.8. The molecule has 2 amide bonds. The summed E-state index contributed by atoms with van der Waals surface area (Å²) < 4.78 is 7.69. The second-order valence-corrected chi connectivity index (χ2v) is 7.16. The Morgan fingerprint density at radius 1 is 0.967 bits per heavy atom. The molecule has 0 unspecified atom stereocenters. The Bertz CT molecular complexity index is 1120. The van der Waals surface area contributed by atoms with Gasteiger partial charge in [-0.25, -0.2) is 9.78 Å². The second kappa shape index (κ2) is 9.13. The van der Waals surface area contributed by atoms with Gasteiger partial charge in [-0.1, -0.05) is 42.5 Å². The second-order valence-electron chi connectivity index (χ2n) is 7.16. The molecule has 0 aliphatic heterocycles. The number of carbonyl (C=O) groups is 1. The summed E-state index contributed by atoms with van der Waals surface area (Å²) in [6, 6.07) is 21.6. The Morgan fingerprint density at radius 3 is 2.50 bits per heavy atom. The molecule has 4 rings (SSSR count). The predicted molar refractivity (Wildman–Crippen MR) is 116 cm³/mol. The highest BCUT2D eigenvalue weighted by Crippen LogP contribution is 2.12. The van der Waals surface area contributed by atoms with E-state index in [0.29, 0.717) is 19.7 Å². The van der Waals surface area contributed by atoms with Gasteiger partial charge in [-0.05, 0) is 47.9 Å². The number of aromatic nitrogens is 2. The van der Waals surface area contributed by atoms with Gasteiger partial charge in [-0.2, -0.15) is 0 Å². The van der Waals surface area contributed by atoms with E-state index in [1.165, 1.54) is 0 Å². The number of nitrogens with zero attached hydrogens (tertiary/aromatic N) is 2. The largest absolute Gasteiger partial charge is 0.489 e. The molecule has 2 N–H and O–H groups in total. The lowest BCUT2D eigenvalue weighted by molar-refractivity contribution is 0.240. The van der Waals surface area contributed by atoms with Crippen LogP contribution >= 0.6 is 0 Å². The van der Waals surface area contributed by atoms with Crippen LogP contribution in [-0.2, 0) is 19.7 Å². The quantitative estimate of drug-likeness (QED) is 0.488. The number of urea groups is 1. The van der Waals surface area contributed by atoms with Crippen molar-refractivity contribution in [3.8, 4) is 5.75 Å². The standard InChI is InChI=1S/C24H24N4O2/c1-18-11-12-28-16-21(27-23(28)13-18)15-26-24(29)25-14-19-7-9-20(10-8-19)17-30-22-5-3-2-4-6-22/h2-13,16H,14-15,17H2,1H3,(H2,25,26,29). The maximum Gasteiger partial charge on any atom is 0.315 e. The number of rotatable bonds is 7. The van der Waals surface area contributed by atoms with Crippen LogP contribution in [-0.4, -0.2) is 15.4 Å². The smallest absolute Gasteiger partial charge is 0.315 e. The fraction of sp³-hybridized carbons (Fsp3) is 0.167. The summed E-state index contributed by atoms with van der Waals surface area (Å²) >= 11 is 0. The van der Waals surface area contributed by atoms with Gasteiger partial charge in [0.15, 0.2) is 0 Å². The molecule has 2 aromatic heterocycles. The molecule has 2 heterocycles. The predicted octanol–water partition coefficient (Wildman–Crippen LogP) is 4.22. The molecule has 0 fully saturated rings. The first-order valence-corrected chi connectivity index (χ1v) is 9.87. The summed E-state index contributed by atoms with van der Waals surface area (Å²) in [6.07, 6.45) is 3.89. The van der Waals surface area contributed by atoms with Crippen molar-refractivity contribution in [3.63, 3.8) is 0 Å². The minimum absolute atomic E-state index is 0.222. The van der Waals surface area contributed by atoms with E-state index in [0.717, 1.165) is 33.8 Å². The summed E-state index contributed by atoms with van der Waals surface area (Å²) in [6.45, 7) is 3.37. The molecule has 0 radical (unpaired) electrons. The molecule has 0 aliphatic rings. The number of hydrogen-bond acceptors (Lipinski definition) is 3. The molecule has 2 aromatic carbocycles. The molecule has 0 atom stereocenters. The third-order valence-corrected chi connectivity index (χ3v) is 4.72. The summed E-state index contributed by atoms with van der Waals surface area (Å²) in [7, 11) is 0. The molecule has 0 saturated heterocycles. The topological polar surface area (TPSA) is 67.7 Å². The van der Waals surface area contributed by atoms with Crippen LogP contribution in [0.15, 0.2) is 79.1 Å². The molecule has 6 nitrogen and oxygen atoms in total. The average Bonchev–Trinajstić information content (AvgIpc) is 3.18. The minimum Gasteiger partial charge on any atom is -0.489 e. The van der Waals surface area contributed by atoms with E-state index < -0.39 is 0 Å². The molecule has 0 aliphatic carbocycles. The number of fused-ring (bicyclic) bond motifs is 1. The number of imidazole rings is 1. The maximum absolute atomic E-state index is 12.1. The van der Waals surface area contributed by atoms with Crippen LogP contribution in [0.4, 0.5) is 4.79 Å². The van der Waals surface area contributed by atoms with Crippen LogP contribution in [0, 0.1) is 6.92 Å². The first-order chi connectivity index (χ1) is 14.7. The molecule has 0 saturated carbocycles. The van der Waals surface area contributed by atoms with Gasteiger partial charge in [0.25, 0.3) is 0 Å². The molecule has 4 aromatic rings. The summed E-state index contributed by atoms with van der Waals surface area (Å²) in [5, 5.41) is 5.72. The monoisotopic (exact) mass is 400 g/mol. The Balaban J connectivity index is 1.22. The van der Waals surface area contributed by atoms with E-state index in [-0.39, 0.29) is 6.03 Å². The van der Waals surface area contributed by atoms with Gasteiger partial charge in [-0.15, -0.1) is 0 Å². The Morgan fingerprint density at radius 2 is 1.70 bits per heavy atom. The summed E-state index contributed by atoms with van der Waals surface area (Å²) in [4.78, 5) is 16.6. The summed E-state index contributed by atoms with van der Waals surface area (Å²) in [5.41, 5.74) is 4.95. The SMILES string of the molecule is Cc1ccn2cc(CNC(=O)NCc3ccc(COc4ccccc4)cc3)nc2c1. The lowest BCUT2D eigenvalue weighted by Crippen LogP contribution is -2.34. The Hall–Kier alpha value is -3.80. The van der Waals surface area contributed by atoms with Gasteiger partial charge < -0.3 is 19.8 Å². The van der Waals surface area contributed by atoms with Crippen LogP contribution in [0.2, 0.25) is 0 Å². The number of aryl methyl sites for hydroxylation is 1. The Labute approximate surface area is 175 Å². The highest BCUT2D eigenvalue weighted by Gasteiger charge is 2.05. The number of amides is 2. The molecule has 0 spiro atoms. The number of carbonyl (C=O) groups excluding carboxylic acids is 1. The van der Waals surface area contributed by atoms with Gasteiger partial charge in [0, 0.05) is 18.9 Å². The molecule has 6 heteroatoms.